The van der Waals surface area contributed by atoms with E-state index in [1.807, 2.05) is 12.1 Å². The van der Waals surface area contributed by atoms with Gasteiger partial charge in [0, 0.05) is 12.1 Å². The molecule has 1 aliphatic rings. The Hall–Kier alpha value is -2.40. The molecular formula is C20H17Cl2F3N4O2S. The molecule has 2 N–H and O–H groups in total. The van der Waals surface area contributed by atoms with E-state index in [2.05, 4.69) is 20.8 Å². The lowest BCUT2D eigenvalue weighted by molar-refractivity contribution is -0.137. The number of carbonyl (C=O) groups excluding carboxylic acids is 1. The van der Waals surface area contributed by atoms with E-state index < -0.39 is 11.7 Å². The standard InChI is InChI=1S/C20H16ClF3N4O2S.ClH/c21-15-4-3-14(20(22,23)24)8-16(15)30-10-17-27-28-19(31-17)26-18(29)12-1-2-13-9-25-6-5-11(13)7-12;/h1-4,7-8,25H,5-6,9-10H2,(H,26,28,29);1H. The van der Waals surface area contributed by atoms with Crippen molar-refractivity contribution >= 4 is 46.4 Å². The van der Waals surface area contributed by atoms with Gasteiger partial charge in [-0.1, -0.05) is 29.0 Å². The van der Waals surface area contributed by atoms with Crippen LogP contribution in [0.1, 0.15) is 32.1 Å². The van der Waals surface area contributed by atoms with Gasteiger partial charge in [0.05, 0.1) is 10.6 Å². The zero-order valence-electron chi connectivity index (χ0n) is 16.3. The molecule has 4 rings (SSSR count). The Morgan fingerprint density at radius 3 is 2.78 bits per heavy atom. The van der Waals surface area contributed by atoms with E-state index in [-0.39, 0.29) is 40.8 Å². The summed E-state index contributed by atoms with van der Waals surface area (Å²) in [6, 6.07) is 8.38. The summed E-state index contributed by atoms with van der Waals surface area (Å²) in [5.74, 6) is -0.424. The van der Waals surface area contributed by atoms with Crippen molar-refractivity contribution in [3.63, 3.8) is 0 Å². The van der Waals surface area contributed by atoms with E-state index in [1.54, 1.807) is 6.07 Å². The first kappa shape index (κ1) is 24.2. The number of benzene rings is 2. The van der Waals surface area contributed by atoms with E-state index in [0.29, 0.717) is 10.6 Å². The van der Waals surface area contributed by atoms with Crippen LogP contribution in [0.5, 0.6) is 5.75 Å². The summed E-state index contributed by atoms with van der Waals surface area (Å²) >= 11 is 6.98. The molecule has 2 aromatic carbocycles. The van der Waals surface area contributed by atoms with Gasteiger partial charge >= 0.3 is 6.18 Å². The maximum absolute atomic E-state index is 12.9. The number of nitrogens with one attached hydrogen (secondary N) is 2. The van der Waals surface area contributed by atoms with Crippen molar-refractivity contribution in [2.75, 3.05) is 11.9 Å². The van der Waals surface area contributed by atoms with Crippen LogP contribution >= 0.6 is 35.3 Å². The van der Waals surface area contributed by atoms with E-state index in [1.165, 1.54) is 5.56 Å². The van der Waals surface area contributed by atoms with Gasteiger partial charge in [-0.25, -0.2) is 0 Å². The lowest BCUT2D eigenvalue weighted by Crippen LogP contribution is -2.24. The Morgan fingerprint density at radius 2 is 2.00 bits per heavy atom. The molecule has 0 fully saturated rings. The number of anilines is 1. The van der Waals surface area contributed by atoms with Crippen molar-refractivity contribution in [2.24, 2.45) is 0 Å². The molecule has 12 heteroatoms. The lowest BCUT2D eigenvalue weighted by Gasteiger charge is -2.17. The highest BCUT2D eigenvalue weighted by Crippen LogP contribution is 2.35. The molecule has 0 aliphatic carbocycles. The van der Waals surface area contributed by atoms with Gasteiger partial charge in [0.15, 0.2) is 5.01 Å². The summed E-state index contributed by atoms with van der Waals surface area (Å²) < 4.78 is 44.0. The van der Waals surface area contributed by atoms with E-state index in [9.17, 15) is 18.0 Å². The number of alkyl halides is 3. The molecule has 0 bridgehead atoms. The predicted molar refractivity (Wildman–Crippen MR) is 118 cm³/mol. The summed E-state index contributed by atoms with van der Waals surface area (Å²) in [5.41, 5.74) is 1.96. The summed E-state index contributed by atoms with van der Waals surface area (Å²) in [6.45, 7) is 1.51. The zero-order chi connectivity index (χ0) is 22.0. The molecule has 3 aromatic rings. The molecule has 1 aromatic heterocycles. The zero-order valence-corrected chi connectivity index (χ0v) is 18.7. The van der Waals surface area contributed by atoms with E-state index in [0.717, 1.165) is 54.6 Å². The Labute approximate surface area is 196 Å². The summed E-state index contributed by atoms with van der Waals surface area (Å²) in [5, 5.41) is 14.4. The summed E-state index contributed by atoms with van der Waals surface area (Å²) in [4.78, 5) is 12.5. The number of hydrogen-bond acceptors (Lipinski definition) is 6. The molecule has 0 saturated carbocycles. The molecule has 1 amide bonds. The molecule has 2 heterocycles. The second-order valence-electron chi connectivity index (χ2n) is 6.80. The second-order valence-corrected chi connectivity index (χ2v) is 8.27. The third-order valence-corrected chi connectivity index (χ3v) is 5.78. The van der Waals surface area contributed by atoms with E-state index in [4.69, 9.17) is 16.3 Å². The number of amides is 1. The largest absolute Gasteiger partial charge is 0.485 e. The maximum atomic E-state index is 12.9. The Morgan fingerprint density at radius 1 is 1.19 bits per heavy atom. The smallest absolute Gasteiger partial charge is 0.416 e. The number of aromatic nitrogens is 2. The number of rotatable bonds is 5. The number of hydrogen-bond donors (Lipinski definition) is 2. The molecule has 0 unspecified atom stereocenters. The third kappa shape index (κ3) is 5.69. The highest BCUT2D eigenvalue weighted by molar-refractivity contribution is 7.15. The topological polar surface area (TPSA) is 76.1 Å². The van der Waals surface area contributed by atoms with Crippen LogP contribution in [0.15, 0.2) is 36.4 Å². The van der Waals surface area contributed by atoms with E-state index >= 15 is 0 Å². The van der Waals surface area contributed by atoms with Crippen LogP contribution in [0.3, 0.4) is 0 Å². The molecule has 0 radical (unpaired) electrons. The fourth-order valence-electron chi connectivity index (χ4n) is 3.08. The minimum Gasteiger partial charge on any atom is -0.485 e. The fourth-order valence-corrected chi connectivity index (χ4v) is 3.90. The van der Waals surface area contributed by atoms with Crippen LogP contribution in [0, 0.1) is 0 Å². The van der Waals surface area contributed by atoms with Gasteiger partial charge in [-0.2, -0.15) is 13.2 Å². The summed E-state index contributed by atoms with van der Waals surface area (Å²) in [7, 11) is 0. The third-order valence-electron chi connectivity index (χ3n) is 4.65. The van der Waals surface area contributed by atoms with Gasteiger partial charge < -0.3 is 10.1 Å². The minimum absolute atomic E-state index is 0. The molecule has 0 spiro atoms. The highest BCUT2D eigenvalue weighted by Gasteiger charge is 2.31. The van der Waals surface area contributed by atoms with Gasteiger partial charge in [-0.15, -0.1) is 22.6 Å². The van der Waals surface area contributed by atoms with Gasteiger partial charge in [-0.05, 0) is 54.4 Å². The highest BCUT2D eigenvalue weighted by atomic mass is 35.5. The van der Waals surface area contributed by atoms with Gasteiger partial charge in [-0.3, -0.25) is 10.1 Å². The van der Waals surface area contributed by atoms with Crippen LogP contribution in [-0.4, -0.2) is 22.6 Å². The van der Waals surface area contributed by atoms with Gasteiger partial charge in [0.25, 0.3) is 5.91 Å². The first-order valence-electron chi connectivity index (χ1n) is 9.25. The van der Waals surface area contributed by atoms with Crippen LogP contribution in [-0.2, 0) is 25.7 Å². The average Bonchev–Trinajstić information content (AvgIpc) is 3.19. The summed E-state index contributed by atoms with van der Waals surface area (Å²) in [6.07, 6.45) is -3.65. The maximum Gasteiger partial charge on any atom is 0.416 e. The van der Waals surface area contributed by atoms with Gasteiger partial charge in [0.2, 0.25) is 5.13 Å². The number of ether oxygens (including phenoxy) is 1. The molecule has 1 aliphatic heterocycles. The number of fused-ring (bicyclic) bond motifs is 1. The fraction of sp³-hybridized carbons (Fsp3) is 0.250. The number of carbonyl (C=O) groups is 1. The second kappa shape index (κ2) is 10.0. The van der Waals surface area contributed by atoms with Gasteiger partial charge in [0.1, 0.15) is 12.4 Å². The quantitative estimate of drug-likeness (QED) is 0.504. The molecule has 0 atom stereocenters. The Kier molecular flexibility index (Phi) is 7.60. The van der Waals surface area contributed by atoms with Crippen molar-refractivity contribution in [1.29, 1.82) is 0 Å². The van der Waals surface area contributed by atoms with Crippen LogP contribution in [0.4, 0.5) is 18.3 Å². The van der Waals surface area contributed by atoms with Crippen molar-refractivity contribution in [3.05, 3.63) is 68.7 Å². The molecular weight excluding hydrogens is 488 g/mol. The number of nitrogens with zero attached hydrogens (tertiary/aromatic N) is 2. The predicted octanol–water partition coefficient (Wildman–Crippen LogP) is 5.11. The Bertz CT molecular complexity index is 1120. The SMILES string of the molecule is Cl.O=C(Nc1nnc(COc2cc(C(F)(F)F)ccc2Cl)s1)c1ccc2c(c1)CCNC2. The van der Waals surface area contributed by atoms with Crippen LogP contribution in [0.25, 0.3) is 0 Å². The molecule has 170 valence electrons. The average molecular weight is 505 g/mol. The minimum atomic E-state index is -4.50. The first-order valence-corrected chi connectivity index (χ1v) is 10.4. The van der Waals surface area contributed by atoms with Crippen molar-refractivity contribution in [3.8, 4) is 5.75 Å². The van der Waals surface area contributed by atoms with Crippen LogP contribution < -0.4 is 15.4 Å². The molecule has 0 saturated heterocycles. The molecule has 6 nitrogen and oxygen atoms in total. The molecule has 32 heavy (non-hydrogen) atoms. The van der Waals surface area contributed by atoms with Crippen molar-refractivity contribution in [2.45, 2.75) is 25.7 Å². The van der Waals surface area contributed by atoms with Crippen LogP contribution in [0.2, 0.25) is 5.02 Å². The first-order chi connectivity index (χ1) is 14.8. The number of halogens is 5. The lowest BCUT2D eigenvalue weighted by atomic mass is 9.98. The Balaban J connectivity index is 0.00000289. The van der Waals surface area contributed by atoms with Crippen molar-refractivity contribution < 1.29 is 22.7 Å². The normalized spacial score (nSPS) is 13.1. The van der Waals surface area contributed by atoms with Crippen molar-refractivity contribution in [1.82, 2.24) is 15.5 Å². The monoisotopic (exact) mass is 504 g/mol.